The van der Waals surface area contributed by atoms with Gasteiger partial charge in [-0.1, -0.05) is 18.1 Å². The topological polar surface area (TPSA) is 15.3 Å². The summed E-state index contributed by atoms with van der Waals surface area (Å²) in [5.74, 6) is 0. The molecule has 2 nitrogen and oxygen atoms in total. The van der Waals surface area contributed by atoms with E-state index in [0.29, 0.717) is 6.04 Å². The minimum Gasteiger partial charge on any atom is -0.314 e. The maximum atomic E-state index is 3.65. The molecule has 2 heteroatoms. The van der Waals surface area contributed by atoms with Gasteiger partial charge >= 0.3 is 0 Å². The van der Waals surface area contributed by atoms with Crippen molar-refractivity contribution in [2.75, 3.05) is 19.6 Å². The quantitative estimate of drug-likeness (QED) is 0.719. The summed E-state index contributed by atoms with van der Waals surface area (Å²) in [6.07, 6.45) is 9.24. The third-order valence-electron chi connectivity index (χ3n) is 4.05. The molecule has 0 atom stereocenters. The molecule has 1 aliphatic carbocycles. The van der Waals surface area contributed by atoms with Crippen molar-refractivity contribution in [2.45, 2.75) is 58.0 Å². The van der Waals surface area contributed by atoms with E-state index in [0.717, 1.165) is 12.6 Å². The van der Waals surface area contributed by atoms with E-state index in [1.807, 2.05) is 0 Å². The summed E-state index contributed by atoms with van der Waals surface area (Å²) in [7, 11) is 0. The Morgan fingerprint density at radius 1 is 1.44 bits per heavy atom. The first-order chi connectivity index (χ1) is 7.75. The van der Waals surface area contributed by atoms with Crippen LogP contribution in [-0.2, 0) is 0 Å². The maximum absolute atomic E-state index is 3.65. The molecule has 1 fully saturated rings. The molecule has 1 saturated carbocycles. The molecule has 2 rings (SSSR count). The van der Waals surface area contributed by atoms with Gasteiger partial charge < -0.3 is 5.32 Å². The third kappa shape index (κ3) is 3.33. The monoisotopic (exact) mass is 222 g/mol. The first kappa shape index (κ1) is 12.1. The average Bonchev–Trinajstić information content (AvgIpc) is 2.22. The average molecular weight is 222 g/mol. The zero-order valence-electron chi connectivity index (χ0n) is 10.8. The van der Waals surface area contributed by atoms with E-state index in [-0.39, 0.29) is 0 Å². The van der Waals surface area contributed by atoms with Crippen LogP contribution >= 0.6 is 0 Å². The lowest BCUT2D eigenvalue weighted by Gasteiger charge is -2.30. The molecule has 1 aliphatic heterocycles. The molecule has 0 aromatic carbocycles. The molecule has 0 saturated heterocycles. The standard InChI is InChI=1S/C14H26N2/c1-12(2)16-10-7-13(8-11-16)6-9-15-14-4-3-5-14/h7,12,14-15H,3-6,8-11H2,1-2H3. The number of hydrogen-bond donors (Lipinski definition) is 1. The lowest BCUT2D eigenvalue weighted by atomic mass is 9.93. The van der Waals surface area contributed by atoms with Crippen molar-refractivity contribution in [3.05, 3.63) is 11.6 Å². The smallest absolute Gasteiger partial charge is 0.0168 e. The predicted molar refractivity (Wildman–Crippen MR) is 69.7 cm³/mol. The SMILES string of the molecule is CC(C)N1CC=C(CCNC2CCC2)CC1. The van der Waals surface area contributed by atoms with Crippen LogP contribution in [-0.4, -0.2) is 36.6 Å². The number of nitrogens with one attached hydrogen (secondary N) is 1. The highest BCUT2D eigenvalue weighted by Crippen LogP contribution is 2.19. The largest absolute Gasteiger partial charge is 0.314 e. The molecule has 92 valence electrons. The number of rotatable bonds is 5. The van der Waals surface area contributed by atoms with Gasteiger partial charge in [-0.3, -0.25) is 4.90 Å². The van der Waals surface area contributed by atoms with Crippen LogP contribution in [0.4, 0.5) is 0 Å². The third-order valence-corrected chi connectivity index (χ3v) is 4.05. The summed E-state index contributed by atoms with van der Waals surface area (Å²) in [5.41, 5.74) is 1.67. The molecule has 0 radical (unpaired) electrons. The summed E-state index contributed by atoms with van der Waals surface area (Å²) in [6, 6.07) is 1.54. The lowest BCUT2D eigenvalue weighted by Crippen LogP contribution is -2.37. The number of nitrogens with zero attached hydrogens (tertiary/aromatic N) is 1. The maximum Gasteiger partial charge on any atom is 0.0168 e. The fourth-order valence-corrected chi connectivity index (χ4v) is 2.47. The Kier molecular flexibility index (Phi) is 4.42. The van der Waals surface area contributed by atoms with E-state index in [4.69, 9.17) is 0 Å². The Hall–Kier alpha value is -0.340. The molecule has 1 heterocycles. The van der Waals surface area contributed by atoms with E-state index in [1.165, 1.54) is 45.2 Å². The van der Waals surface area contributed by atoms with E-state index in [1.54, 1.807) is 5.57 Å². The predicted octanol–water partition coefficient (Wildman–Crippen LogP) is 2.56. The van der Waals surface area contributed by atoms with Crippen LogP contribution < -0.4 is 5.32 Å². The van der Waals surface area contributed by atoms with Crippen molar-refractivity contribution in [3.8, 4) is 0 Å². The summed E-state index contributed by atoms with van der Waals surface area (Å²) in [6.45, 7) is 8.19. The summed E-state index contributed by atoms with van der Waals surface area (Å²) < 4.78 is 0. The van der Waals surface area contributed by atoms with Crippen molar-refractivity contribution in [3.63, 3.8) is 0 Å². The van der Waals surface area contributed by atoms with Gasteiger partial charge in [0.05, 0.1) is 0 Å². The van der Waals surface area contributed by atoms with E-state index in [2.05, 4.69) is 30.1 Å². The molecular weight excluding hydrogens is 196 g/mol. The van der Waals surface area contributed by atoms with Crippen molar-refractivity contribution < 1.29 is 0 Å². The van der Waals surface area contributed by atoms with Crippen molar-refractivity contribution in [1.82, 2.24) is 10.2 Å². The minimum atomic E-state index is 0.700. The highest BCUT2D eigenvalue weighted by molar-refractivity contribution is 5.08. The van der Waals surface area contributed by atoms with Gasteiger partial charge in [0.15, 0.2) is 0 Å². The van der Waals surface area contributed by atoms with Crippen molar-refractivity contribution in [1.29, 1.82) is 0 Å². The Labute approximate surface area is 100 Å². The molecule has 0 amide bonds. The zero-order chi connectivity index (χ0) is 11.4. The Morgan fingerprint density at radius 2 is 2.25 bits per heavy atom. The van der Waals surface area contributed by atoms with Gasteiger partial charge in [-0.15, -0.1) is 0 Å². The van der Waals surface area contributed by atoms with E-state index in [9.17, 15) is 0 Å². The Bertz CT molecular complexity index is 241. The molecule has 0 unspecified atom stereocenters. The molecule has 2 aliphatic rings. The molecule has 0 bridgehead atoms. The zero-order valence-corrected chi connectivity index (χ0v) is 10.8. The van der Waals surface area contributed by atoms with Gasteiger partial charge in [0.1, 0.15) is 0 Å². The lowest BCUT2D eigenvalue weighted by molar-refractivity contribution is 0.237. The Morgan fingerprint density at radius 3 is 2.75 bits per heavy atom. The molecule has 0 aromatic heterocycles. The second kappa shape index (κ2) is 5.83. The molecule has 0 aromatic rings. The van der Waals surface area contributed by atoms with Gasteiger partial charge in [0.25, 0.3) is 0 Å². The molecule has 1 N–H and O–H groups in total. The van der Waals surface area contributed by atoms with Crippen LogP contribution in [0, 0.1) is 0 Å². The van der Waals surface area contributed by atoms with Crippen LogP contribution in [0.1, 0.15) is 46.0 Å². The van der Waals surface area contributed by atoms with Crippen molar-refractivity contribution >= 4 is 0 Å². The van der Waals surface area contributed by atoms with Gasteiger partial charge in [-0.2, -0.15) is 0 Å². The highest BCUT2D eigenvalue weighted by Gasteiger charge is 2.17. The highest BCUT2D eigenvalue weighted by atomic mass is 15.1. The van der Waals surface area contributed by atoms with Crippen LogP contribution in [0.5, 0.6) is 0 Å². The van der Waals surface area contributed by atoms with Gasteiger partial charge in [-0.05, 0) is 46.1 Å². The van der Waals surface area contributed by atoms with E-state index >= 15 is 0 Å². The molecule has 16 heavy (non-hydrogen) atoms. The van der Waals surface area contributed by atoms with Crippen molar-refractivity contribution in [2.24, 2.45) is 0 Å². The van der Waals surface area contributed by atoms with Gasteiger partial charge in [-0.25, -0.2) is 0 Å². The molecular formula is C14H26N2. The van der Waals surface area contributed by atoms with Gasteiger partial charge in [0, 0.05) is 25.2 Å². The second-order valence-electron chi connectivity index (χ2n) is 5.53. The number of hydrogen-bond acceptors (Lipinski definition) is 2. The van der Waals surface area contributed by atoms with Crippen LogP contribution in [0.15, 0.2) is 11.6 Å². The summed E-state index contributed by atoms with van der Waals surface area (Å²) in [4.78, 5) is 2.54. The Balaban J connectivity index is 1.62. The van der Waals surface area contributed by atoms with Crippen LogP contribution in [0.2, 0.25) is 0 Å². The van der Waals surface area contributed by atoms with E-state index < -0.39 is 0 Å². The normalized spacial score (nSPS) is 23.3. The molecule has 0 spiro atoms. The first-order valence-corrected chi connectivity index (χ1v) is 6.91. The second-order valence-corrected chi connectivity index (χ2v) is 5.53. The fourth-order valence-electron chi connectivity index (χ4n) is 2.47. The van der Waals surface area contributed by atoms with Crippen LogP contribution in [0.3, 0.4) is 0 Å². The minimum absolute atomic E-state index is 0.700. The van der Waals surface area contributed by atoms with Crippen LogP contribution in [0.25, 0.3) is 0 Å². The fraction of sp³-hybridized carbons (Fsp3) is 0.857. The summed E-state index contributed by atoms with van der Waals surface area (Å²) in [5, 5.41) is 3.65. The first-order valence-electron chi connectivity index (χ1n) is 6.91. The van der Waals surface area contributed by atoms with Gasteiger partial charge in [0.2, 0.25) is 0 Å². The summed E-state index contributed by atoms with van der Waals surface area (Å²) >= 11 is 0.